The summed E-state index contributed by atoms with van der Waals surface area (Å²) in [6.07, 6.45) is 2.77. The van der Waals surface area contributed by atoms with E-state index in [1.54, 1.807) is 6.07 Å². The van der Waals surface area contributed by atoms with Gasteiger partial charge >= 0.3 is 0 Å². The van der Waals surface area contributed by atoms with Crippen LogP contribution in [0.3, 0.4) is 0 Å². The summed E-state index contributed by atoms with van der Waals surface area (Å²) in [6.45, 7) is 1.08. The number of ether oxygens (including phenoxy) is 2. The Balaban J connectivity index is 2.19. The Kier molecular flexibility index (Phi) is 3.77. The predicted octanol–water partition coefficient (Wildman–Crippen LogP) is 0.969. The number of hydrogen-bond donors (Lipinski definition) is 1. The molecule has 1 heterocycles. The fourth-order valence-electron chi connectivity index (χ4n) is 1.81. The van der Waals surface area contributed by atoms with Crippen molar-refractivity contribution in [2.45, 2.75) is 23.8 Å². The zero-order valence-electron chi connectivity index (χ0n) is 10.3. The summed E-state index contributed by atoms with van der Waals surface area (Å²) >= 11 is 0. The highest BCUT2D eigenvalue weighted by Gasteiger charge is 2.22. The van der Waals surface area contributed by atoms with Crippen molar-refractivity contribution in [2.24, 2.45) is 5.73 Å². The van der Waals surface area contributed by atoms with Crippen molar-refractivity contribution in [1.29, 1.82) is 0 Å². The summed E-state index contributed by atoms with van der Waals surface area (Å²) in [5, 5.41) is 0. The van der Waals surface area contributed by atoms with Crippen LogP contribution in [0.25, 0.3) is 0 Å². The van der Waals surface area contributed by atoms with Gasteiger partial charge in [-0.25, -0.2) is 8.42 Å². The monoisotopic (exact) mass is 271 g/mol. The summed E-state index contributed by atoms with van der Waals surface area (Å²) in [5.41, 5.74) is 5.45. The van der Waals surface area contributed by atoms with Crippen LogP contribution in [0.5, 0.6) is 11.5 Å². The van der Waals surface area contributed by atoms with Crippen molar-refractivity contribution in [3.8, 4) is 11.5 Å². The number of benzene rings is 1. The van der Waals surface area contributed by atoms with Crippen molar-refractivity contribution >= 4 is 9.84 Å². The van der Waals surface area contributed by atoms with Crippen LogP contribution in [0.4, 0.5) is 0 Å². The minimum atomic E-state index is -3.23. The summed E-state index contributed by atoms with van der Waals surface area (Å²) in [4.78, 5) is 0.240. The van der Waals surface area contributed by atoms with E-state index in [0.717, 1.165) is 12.8 Å². The lowest BCUT2D eigenvalue weighted by Gasteiger charge is -2.26. The van der Waals surface area contributed by atoms with Gasteiger partial charge in [0.05, 0.1) is 4.90 Å². The molecule has 0 aliphatic carbocycles. The molecule has 1 aliphatic heterocycles. The molecule has 5 nitrogen and oxygen atoms in total. The van der Waals surface area contributed by atoms with Crippen molar-refractivity contribution in [2.75, 3.05) is 19.4 Å². The Morgan fingerprint density at radius 3 is 2.83 bits per heavy atom. The topological polar surface area (TPSA) is 78.6 Å². The molecule has 0 spiro atoms. The van der Waals surface area contributed by atoms with Crippen LogP contribution in [-0.4, -0.2) is 33.9 Å². The van der Waals surface area contributed by atoms with E-state index in [1.165, 1.54) is 18.4 Å². The second kappa shape index (κ2) is 5.16. The van der Waals surface area contributed by atoms with Gasteiger partial charge < -0.3 is 15.2 Å². The molecular formula is C12H17NO4S. The molecule has 6 heteroatoms. The van der Waals surface area contributed by atoms with Crippen molar-refractivity contribution in [1.82, 2.24) is 0 Å². The zero-order valence-corrected chi connectivity index (χ0v) is 11.1. The quantitative estimate of drug-likeness (QED) is 0.882. The SMILES string of the molecule is CS(=O)(=O)c1ccc2c(c1)OC(CCCN)CO2. The normalized spacial score (nSPS) is 18.7. The molecule has 0 radical (unpaired) electrons. The maximum Gasteiger partial charge on any atom is 0.175 e. The van der Waals surface area contributed by atoms with E-state index < -0.39 is 9.84 Å². The van der Waals surface area contributed by atoms with Crippen LogP contribution in [-0.2, 0) is 9.84 Å². The standard InChI is InChI=1S/C12H17NO4S/c1-18(14,15)10-4-5-11-12(7-10)17-9(8-16-11)3-2-6-13/h4-5,7,9H,2-3,6,8,13H2,1H3. The van der Waals surface area contributed by atoms with Gasteiger partial charge in [-0.05, 0) is 31.5 Å². The number of hydrogen-bond acceptors (Lipinski definition) is 5. The molecular weight excluding hydrogens is 254 g/mol. The molecule has 2 N–H and O–H groups in total. The van der Waals surface area contributed by atoms with E-state index in [4.69, 9.17) is 15.2 Å². The highest BCUT2D eigenvalue weighted by atomic mass is 32.2. The van der Waals surface area contributed by atoms with Crippen LogP contribution in [0.2, 0.25) is 0 Å². The molecule has 1 atom stereocenters. The summed E-state index contributed by atoms with van der Waals surface area (Å²) < 4.78 is 34.2. The fraction of sp³-hybridized carbons (Fsp3) is 0.500. The average Bonchev–Trinajstić information content (AvgIpc) is 2.34. The Hall–Kier alpha value is -1.27. The fourth-order valence-corrected chi connectivity index (χ4v) is 2.45. The minimum absolute atomic E-state index is 0.0594. The van der Waals surface area contributed by atoms with E-state index in [-0.39, 0.29) is 11.0 Å². The van der Waals surface area contributed by atoms with Crippen LogP contribution in [0.15, 0.2) is 23.1 Å². The van der Waals surface area contributed by atoms with E-state index in [9.17, 15) is 8.42 Å². The van der Waals surface area contributed by atoms with Gasteiger partial charge in [0.1, 0.15) is 12.7 Å². The number of nitrogens with two attached hydrogens (primary N) is 1. The first-order valence-electron chi connectivity index (χ1n) is 5.84. The van der Waals surface area contributed by atoms with Crippen LogP contribution < -0.4 is 15.2 Å². The first kappa shape index (κ1) is 13.2. The molecule has 0 fully saturated rings. The van der Waals surface area contributed by atoms with Crippen LogP contribution >= 0.6 is 0 Å². The van der Waals surface area contributed by atoms with Gasteiger partial charge in [-0.3, -0.25) is 0 Å². The van der Waals surface area contributed by atoms with Gasteiger partial charge in [0.2, 0.25) is 0 Å². The Morgan fingerprint density at radius 2 is 2.17 bits per heavy atom. The van der Waals surface area contributed by atoms with Gasteiger partial charge in [-0.15, -0.1) is 0 Å². The van der Waals surface area contributed by atoms with Crippen molar-refractivity contribution in [3.05, 3.63) is 18.2 Å². The van der Waals surface area contributed by atoms with E-state index in [1.807, 2.05) is 0 Å². The lowest BCUT2D eigenvalue weighted by atomic mass is 10.2. The summed E-state index contributed by atoms with van der Waals surface area (Å²) in [5.74, 6) is 1.08. The minimum Gasteiger partial charge on any atom is -0.486 e. The average molecular weight is 271 g/mol. The molecule has 2 rings (SSSR count). The molecule has 1 aromatic carbocycles. The highest BCUT2D eigenvalue weighted by Crippen LogP contribution is 2.34. The number of sulfone groups is 1. The molecule has 0 saturated heterocycles. The maximum atomic E-state index is 11.5. The van der Waals surface area contributed by atoms with Gasteiger partial charge in [-0.2, -0.15) is 0 Å². The Morgan fingerprint density at radius 1 is 1.39 bits per heavy atom. The number of rotatable bonds is 4. The number of fused-ring (bicyclic) bond motifs is 1. The third-order valence-corrected chi connectivity index (χ3v) is 3.90. The zero-order chi connectivity index (χ0) is 13.2. The third-order valence-electron chi connectivity index (χ3n) is 2.79. The van der Waals surface area contributed by atoms with Gasteiger partial charge in [0, 0.05) is 12.3 Å². The molecule has 0 amide bonds. The van der Waals surface area contributed by atoms with Crippen molar-refractivity contribution in [3.63, 3.8) is 0 Å². The second-order valence-electron chi connectivity index (χ2n) is 4.36. The smallest absolute Gasteiger partial charge is 0.175 e. The Bertz CT molecular complexity index is 527. The molecule has 0 bridgehead atoms. The molecule has 0 saturated carbocycles. The van der Waals surface area contributed by atoms with Crippen molar-refractivity contribution < 1.29 is 17.9 Å². The lowest BCUT2D eigenvalue weighted by Crippen LogP contribution is -2.29. The maximum absolute atomic E-state index is 11.5. The molecule has 1 aromatic rings. The van der Waals surface area contributed by atoms with Gasteiger partial charge in [-0.1, -0.05) is 0 Å². The van der Waals surface area contributed by atoms with Gasteiger partial charge in [0.25, 0.3) is 0 Å². The summed E-state index contributed by atoms with van der Waals surface area (Å²) in [7, 11) is -3.23. The molecule has 18 heavy (non-hydrogen) atoms. The van der Waals surface area contributed by atoms with Crippen LogP contribution in [0, 0.1) is 0 Å². The van der Waals surface area contributed by atoms with E-state index >= 15 is 0 Å². The first-order chi connectivity index (χ1) is 8.50. The predicted molar refractivity (Wildman–Crippen MR) is 67.8 cm³/mol. The summed E-state index contributed by atoms with van der Waals surface area (Å²) in [6, 6.07) is 4.67. The molecule has 100 valence electrons. The largest absolute Gasteiger partial charge is 0.486 e. The van der Waals surface area contributed by atoms with E-state index in [0.29, 0.717) is 24.7 Å². The van der Waals surface area contributed by atoms with E-state index in [2.05, 4.69) is 0 Å². The highest BCUT2D eigenvalue weighted by molar-refractivity contribution is 7.90. The lowest BCUT2D eigenvalue weighted by molar-refractivity contribution is 0.0835. The van der Waals surface area contributed by atoms with Gasteiger partial charge in [0.15, 0.2) is 21.3 Å². The second-order valence-corrected chi connectivity index (χ2v) is 6.38. The van der Waals surface area contributed by atoms with Crippen LogP contribution in [0.1, 0.15) is 12.8 Å². The Labute approximate surface area is 107 Å². The molecule has 1 unspecified atom stereocenters. The molecule has 0 aromatic heterocycles. The first-order valence-corrected chi connectivity index (χ1v) is 7.73. The third kappa shape index (κ3) is 2.94. The molecule has 1 aliphatic rings.